The molecule has 0 aromatic carbocycles. The predicted octanol–water partition coefficient (Wildman–Crippen LogP) is 1.97. The lowest BCUT2D eigenvalue weighted by Gasteiger charge is -2.26. The Morgan fingerprint density at radius 2 is 2.50 bits per heavy atom. The molecule has 8 heavy (non-hydrogen) atoms. The number of hydrogen-bond donors (Lipinski definition) is 0. The Hall–Kier alpha value is -0.260. The maximum absolute atomic E-state index is 2.54. The van der Waals surface area contributed by atoms with Gasteiger partial charge in [-0.2, -0.15) is 0 Å². The maximum Gasteiger partial charge on any atom is -0.0166 e. The minimum atomic E-state index is 1.07. The van der Waals surface area contributed by atoms with Crippen LogP contribution in [-0.2, 0) is 0 Å². The first-order valence-corrected chi connectivity index (χ1v) is 3.66. The molecule has 0 aromatic rings. The second-order valence-corrected chi connectivity index (χ2v) is 3.45. The van der Waals surface area contributed by atoms with Crippen LogP contribution >= 0.6 is 0 Å². The molecule has 0 nitrogen and oxygen atoms in total. The van der Waals surface area contributed by atoms with Gasteiger partial charge >= 0.3 is 0 Å². The molecule has 0 radical (unpaired) electrons. The Morgan fingerprint density at radius 3 is 2.88 bits per heavy atom. The van der Waals surface area contributed by atoms with Gasteiger partial charge in [-0.25, -0.2) is 0 Å². The lowest BCUT2D eigenvalue weighted by Crippen LogP contribution is -2.14. The predicted molar refractivity (Wildman–Crippen MR) is 32.4 cm³/mol. The van der Waals surface area contributed by atoms with Crippen LogP contribution in [0.4, 0.5) is 0 Å². The average molecular weight is 106 g/mol. The van der Waals surface area contributed by atoms with Gasteiger partial charge < -0.3 is 0 Å². The van der Waals surface area contributed by atoms with Crippen LogP contribution in [0.25, 0.3) is 0 Å². The fraction of sp³-hybridized carbons (Fsp3) is 0.750. The van der Waals surface area contributed by atoms with Crippen molar-refractivity contribution < 1.29 is 0 Å². The summed E-state index contributed by atoms with van der Waals surface area (Å²) in [4.78, 5) is 0. The molecule has 0 aromatic heterocycles. The van der Waals surface area contributed by atoms with Crippen molar-refractivity contribution in [2.24, 2.45) is 17.8 Å². The number of fused-ring (bicyclic) bond motifs is 3. The zero-order valence-corrected chi connectivity index (χ0v) is 4.93. The molecule has 0 saturated heterocycles. The molecule has 42 valence electrons. The normalized spacial score (nSPS) is 56.0. The Bertz CT molecular complexity index is 167. The summed E-state index contributed by atoms with van der Waals surface area (Å²) in [5.74, 6) is 3.32. The van der Waals surface area contributed by atoms with Gasteiger partial charge in [-0.15, -0.1) is 0 Å². The first kappa shape index (κ1) is 3.71. The van der Waals surface area contributed by atoms with Gasteiger partial charge in [0.2, 0.25) is 0 Å². The lowest BCUT2D eigenvalue weighted by molar-refractivity contribution is 0.408. The highest BCUT2D eigenvalue weighted by Crippen LogP contribution is 2.61. The van der Waals surface area contributed by atoms with E-state index in [0.717, 1.165) is 17.8 Å². The molecule has 2 saturated carbocycles. The smallest absolute Gasteiger partial charge is 0.0166 e. The minimum absolute atomic E-state index is 1.07. The van der Waals surface area contributed by atoms with Crippen molar-refractivity contribution in [3.8, 4) is 0 Å². The summed E-state index contributed by atoms with van der Waals surface area (Å²) in [5.41, 5.74) is 1.81. The molecule has 0 amide bonds. The summed E-state index contributed by atoms with van der Waals surface area (Å²) < 4.78 is 0. The first-order chi connectivity index (χ1) is 3.95. The van der Waals surface area contributed by atoms with Gasteiger partial charge in [-0.05, 0) is 37.0 Å². The number of rotatable bonds is 0. The van der Waals surface area contributed by atoms with Crippen LogP contribution in [0.15, 0.2) is 11.6 Å². The van der Waals surface area contributed by atoms with Gasteiger partial charge in [-0.3, -0.25) is 0 Å². The summed E-state index contributed by atoms with van der Waals surface area (Å²) in [6.45, 7) is 0. The Morgan fingerprint density at radius 1 is 1.50 bits per heavy atom. The Kier molecular flexibility index (Phi) is 0.415. The van der Waals surface area contributed by atoms with Crippen molar-refractivity contribution in [3.63, 3.8) is 0 Å². The second kappa shape index (κ2) is 0.896. The quantitative estimate of drug-likeness (QED) is 0.414. The van der Waals surface area contributed by atoms with E-state index in [2.05, 4.69) is 6.08 Å². The van der Waals surface area contributed by atoms with Crippen LogP contribution in [0.2, 0.25) is 0 Å². The van der Waals surface area contributed by atoms with Crippen LogP contribution in [-0.4, -0.2) is 0 Å². The molecule has 2 fully saturated rings. The van der Waals surface area contributed by atoms with Crippen molar-refractivity contribution in [2.45, 2.75) is 19.3 Å². The average Bonchev–Trinajstić information content (AvgIpc) is 2.34. The molecule has 3 aliphatic carbocycles. The summed E-state index contributed by atoms with van der Waals surface area (Å²) in [6, 6.07) is 0. The van der Waals surface area contributed by atoms with E-state index in [1.165, 1.54) is 19.3 Å². The summed E-state index contributed by atoms with van der Waals surface area (Å²) >= 11 is 0. The van der Waals surface area contributed by atoms with E-state index >= 15 is 0 Å². The first-order valence-electron chi connectivity index (χ1n) is 3.66. The maximum atomic E-state index is 2.54. The monoisotopic (exact) mass is 106 g/mol. The fourth-order valence-corrected chi connectivity index (χ4v) is 2.34. The van der Waals surface area contributed by atoms with E-state index in [4.69, 9.17) is 0 Å². The largest absolute Gasteiger partial charge is 0.0816 e. The molecule has 3 atom stereocenters. The van der Waals surface area contributed by atoms with Gasteiger partial charge in [0.1, 0.15) is 0 Å². The SMILES string of the molecule is C1=C2CCC2C2C[C@H]12. The van der Waals surface area contributed by atoms with Gasteiger partial charge in [0, 0.05) is 0 Å². The molecular formula is C8H10. The van der Waals surface area contributed by atoms with E-state index in [1.807, 2.05) is 5.57 Å². The van der Waals surface area contributed by atoms with Crippen molar-refractivity contribution in [1.29, 1.82) is 0 Å². The van der Waals surface area contributed by atoms with Gasteiger partial charge in [0.15, 0.2) is 0 Å². The zero-order valence-electron chi connectivity index (χ0n) is 4.93. The van der Waals surface area contributed by atoms with E-state index in [9.17, 15) is 0 Å². The Balaban J connectivity index is 2.07. The third-order valence-electron chi connectivity index (χ3n) is 3.06. The van der Waals surface area contributed by atoms with Crippen LogP contribution in [0.3, 0.4) is 0 Å². The second-order valence-electron chi connectivity index (χ2n) is 3.45. The number of hydrogen-bond acceptors (Lipinski definition) is 0. The van der Waals surface area contributed by atoms with Crippen molar-refractivity contribution >= 4 is 0 Å². The molecule has 0 heterocycles. The third-order valence-corrected chi connectivity index (χ3v) is 3.06. The number of allylic oxidation sites excluding steroid dienone is 2. The van der Waals surface area contributed by atoms with Gasteiger partial charge in [0.25, 0.3) is 0 Å². The van der Waals surface area contributed by atoms with Crippen molar-refractivity contribution in [1.82, 2.24) is 0 Å². The van der Waals surface area contributed by atoms with E-state index in [1.54, 1.807) is 0 Å². The van der Waals surface area contributed by atoms with E-state index < -0.39 is 0 Å². The summed E-state index contributed by atoms with van der Waals surface area (Å²) in [5, 5.41) is 0. The van der Waals surface area contributed by atoms with Crippen molar-refractivity contribution in [2.75, 3.05) is 0 Å². The van der Waals surface area contributed by atoms with Gasteiger partial charge in [0.05, 0.1) is 0 Å². The zero-order chi connectivity index (χ0) is 5.14. The molecule has 0 spiro atoms. The van der Waals surface area contributed by atoms with E-state index in [0.29, 0.717) is 0 Å². The molecule has 3 rings (SSSR count). The highest BCUT2D eigenvalue weighted by atomic mass is 14.6. The molecule has 0 bridgehead atoms. The lowest BCUT2D eigenvalue weighted by atomic mass is 9.79. The van der Waals surface area contributed by atoms with E-state index in [-0.39, 0.29) is 0 Å². The molecule has 0 heteroatoms. The van der Waals surface area contributed by atoms with Gasteiger partial charge in [-0.1, -0.05) is 11.6 Å². The fourth-order valence-electron chi connectivity index (χ4n) is 2.34. The third kappa shape index (κ3) is 0.249. The topological polar surface area (TPSA) is 0 Å². The molecule has 0 N–H and O–H groups in total. The minimum Gasteiger partial charge on any atom is -0.0816 e. The standard InChI is InChI=1S/C8H10/c1-2-7-5(1)3-6-4-8(6)7/h3,6-8H,1-2,4H2/t6-,7?,8?/m0/s1. The van der Waals surface area contributed by atoms with Crippen LogP contribution < -0.4 is 0 Å². The molecule has 2 unspecified atom stereocenters. The molecular weight excluding hydrogens is 96.1 g/mol. The van der Waals surface area contributed by atoms with Crippen molar-refractivity contribution in [3.05, 3.63) is 11.6 Å². The molecule has 0 aliphatic heterocycles. The summed E-state index contributed by atoms with van der Waals surface area (Å²) in [7, 11) is 0. The highest BCUT2D eigenvalue weighted by Gasteiger charge is 2.51. The Labute approximate surface area is 49.6 Å². The highest BCUT2D eigenvalue weighted by molar-refractivity contribution is 5.30. The van der Waals surface area contributed by atoms with Crippen LogP contribution in [0.1, 0.15) is 19.3 Å². The molecule has 3 aliphatic rings. The van der Waals surface area contributed by atoms with Crippen LogP contribution in [0, 0.1) is 17.8 Å². The summed E-state index contributed by atoms with van der Waals surface area (Å²) in [6.07, 6.45) is 7.04. The van der Waals surface area contributed by atoms with Crippen LogP contribution in [0.5, 0.6) is 0 Å².